The number of nitrogens with zero attached hydrogens (tertiary/aromatic N) is 2. The molecule has 0 bridgehead atoms. The summed E-state index contributed by atoms with van der Waals surface area (Å²) in [6.07, 6.45) is 0. The van der Waals surface area contributed by atoms with E-state index in [0.29, 0.717) is 11.1 Å². The number of hydrogen-bond acceptors (Lipinski definition) is 5. The number of non-ortho nitro benzene ring substituents is 1. The fraction of sp³-hybridized carbons (Fsp3) is 0.0714. The van der Waals surface area contributed by atoms with Gasteiger partial charge in [0, 0.05) is 22.9 Å². The minimum absolute atomic E-state index is 0.0963. The van der Waals surface area contributed by atoms with Crippen molar-refractivity contribution in [3.05, 3.63) is 63.6 Å². The molecule has 0 unspecified atom stereocenters. The van der Waals surface area contributed by atoms with Gasteiger partial charge >= 0.3 is 5.91 Å². The molecule has 0 aliphatic heterocycles. The molecule has 2 aromatic carbocycles. The van der Waals surface area contributed by atoms with E-state index in [1.54, 1.807) is 30.3 Å². The SMILES string of the molecule is O=NC(=O)COc1ccc([N+](=O)[O-])cc1-c1ccccc1. The first-order valence-electron chi connectivity index (χ1n) is 5.94. The molecule has 0 aromatic heterocycles. The second-order valence-corrected chi connectivity index (χ2v) is 4.08. The van der Waals surface area contributed by atoms with Crippen molar-refractivity contribution in [3.63, 3.8) is 0 Å². The van der Waals surface area contributed by atoms with E-state index in [1.165, 1.54) is 18.2 Å². The quantitative estimate of drug-likeness (QED) is 0.478. The van der Waals surface area contributed by atoms with Gasteiger partial charge in [-0.1, -0.05) is 30.3 Å². The van der Waals surface area contributed by atoms with Crippen LogP contribution in [0.3, 0.4) is 0 Å². The predicted molar refractivity (Wildman–Crippen MR) is 74.8 cm³/mol. The minimum Gasteiger partial charge on any atom is -0.483 e. The highest BCUT2D eigenvalue weighted by atomic mass is 16.6. The normalized spacial score (nSPS) is 9.90. The Bertz CT molecular complexity index is 685. The van der Waals surface area contributed by atoms with Gasteiger partial charge in [-0.15, -0.1) is 4.91 Å². The molecule has 0 heterocycles. The lowest BCUT2D eigenvalue weighted by atomic mass is 10.0. The Morgan fingerprint density at radius 1 is 1.19 bits per heavy atom. The lowest BCUT2D eigenvalue weighted by Crippen LogP contribution is -2.08. The highest BCUT2D eigenvalue weighted by molar-refractivity contribution is 5.79. The van der Waals surface area contributed by atoms with Crippen LogP contribution in [0.25, 0.3) is 11.1 Å². The van der Waals surface area contributed by atoms with E-state index < -0.39 is 17.4 Å². The molecular weight excluding hydrogens is 276 g/mol. The van der Waals surface area contributed by atoms with E-state index in [1.807, 2.05) is 0 Å². The van der Waals surface area contributed by atoms with Crippen LogP contribution in [0, 0.1) is 15.0 Å². The molecule has 0 aliphatic carbocycles. The van der Waals surface area contributed by atoms with Crippen LogP contribution in [-0.4, -0.2) is 17.4 Å². The zero-order chi connectivity index (χ0) is 15.2. The van der Waals surface area contributed by atoms with Crippen molar-refractivity contribution < 1.29 is 14.5 Å². The first-order chi connectivity index (χ1) is 10.1. The molecule has 106 valence electrons. The Morgan fingerprint density at radius 2 is 1.90 bits per heavy atom. The van der Waals surface area contributed by atoms with Crippen molar-refractivity contribution in [2.75, 3.05) is 6.61 Å². The van der Waals surface area contributed by atoms with Crippen molar-refractivity contribution in [2.24, 2.45) is 5.18 Å². The summed E-state index contributed by atoms with van der Waals surface area (Å²) in [5.41, 5.74) is 1.06. The molecule has 0 atom stereocenters. The van der Waals surface area contributed by atoms with Crippen LogP contribution >= 0.6 is 0 Å². The summed E-state index contributed by atoms with van der Waals surface area (Å²) in [7, 11) is 0. The molecule has 7 heteroatoms. The van der Waals surface area contributed by atoms with Gasteiger partial charge in [-0.2, -0.15) is 0 Å². The number of ether oxygens (including phenoxy) is 1. The Kier molecular flexibility index (Phi) is 4.35. The van der Waals surface area contributed by atoms with Gasteiger partial charge in [-0.05, 0) is 11.6 Å². The number of nitro groups is 1. The Hall–Kier alpha value is -3.09. The van der Waals surface area contributed by atoms with E-state index in [0.717, 1.165) is 0 Å². The van der Waals surface area contributed by atoms with Crippen LogP contribution in [-0.2, 0) is 4.79 Å². The van der Waals surface area contributed by atoms with Crippen LogP contribution in [0.2, 0.25) is 0 Å². The Labute approximate surface area is 119 Å². The molecule has 1 amide bonds. The van der Waals surface area contributed by atoms with Crippen LogP contribution in [0.4, 0.5) is 5.69 Å². The molecule has 0 N–H and O–H groups in total. The number of amides is 1. The highest BCUT2D eigenvalue weighted by Crippen LogP contribution is 2.33. The van der Waals surface area contributed by atoms with Gasteiger partial charge in [0.1, 0.15) is 5.75 Å². The summed E-state index contributed by atoms with van der Waals surface area (Å²) < 4.78 is 5.21. The van der Waals surface area contributed by atoms with Gasteiger partial charge in [-0.3, -0.25) is 14.9 Å². The Morgan fingerprint density at radius 3 is 2.52 bits per heavy atom. The second-order valence-electron chi connectivity index (χ2n) is 4.08. The molecule has 0 saturated heterocycles. The van der Waals surface area contributed by atoms with Gasteiger partial charge < -0.3 is 4.74 Å². The number of rotatable bonds is 5. The van der Waals surface area contributed by atoms with Crippen LogP contribution < -0.4 is 4.74 Å². The maximum Gasteiger partial charge on any atom is 0.323 e. The van der Waals surface area contributed by atoms with Crippen LogP contribution in [0.5, 0.6) is 5.75 Å². The third-order valence-corrected chi connectivity index (χ3v) is 2.71. The number of hydrogen-bond donors (Lipinski definition) is 0. The van der Waals surface area contributed by atoms with Crippen molar-refractivity contribution >= 4 is 11.6 Å². The van der Waals surface area contributed by atoms with Gasteiger partial charge in [0.05, 0.1) is 4.92 Å². The minimum atomic E-state index is -0.952. The largest absolute Gasteiger partial charge is 0.483 e. The summed E-state index contributed by atoms with van der Waals surface area (Å²) in [6.45, 7) is -0.513. The zero-order valence-corrected chi connectivity index (χ0v) is 10.8. The van der Waals surface area contributed by atoms with Gasteiger partial charge in [0.15, 0.2) is 6.61 Å². The molecule has 0 radical (unpaired) electrons. The number of nitro benzene ring substituents is 1. The van der Waals surface area contributed by atoms with Crippen molar-refractivity contribution in [2.45, 2.75) is 0 Å². The number of carbonyl (C=O) groups excluding carboxylic acids is 1. The fourth-order valence-corrected chi connectivity index (χ4v) is 1.77. The monoisotopic (exact) mass is 286 g/mol. The van der Waals surface area contributed by atoms with E-state index in [-0.39, 0.29) is 11.4 Å². The van der Waals surface area contributed by atoms with Crippen molar-refractivity contribution in [1.82, 2.24) is 0 Å². The molecule has 0 spiro atoms. The third kappa shape index (κ3) is 3.47. The van der Waals surface area contributed by atoms with E-state index >= 15 is 0 Å². The molecule has 2 rings (SSSR count). The Balaban J connectivity index is 2.42. The van der Waals surface area contributed by atoms with Crippen molar-refractivity contribution in [1.29, 1.82) is 0 Å². The number of carbonyl (C=O) groups is 1. The molecule has 0 saturated carbocycles. The summed E-state index contributed by atoms with van der Waals surface area (Å²) in [4.78, 5) is 31.3. The van der Waals surface area contributed by atoms with E-state index in [2.05, 4.69) is 5.18 Å². The number of nitroso groups, excluding NO2 is 1. The lowest BCUT2D eigenvalue weighted by molar-refractivity contribution is -0.384. The molecule has 0 fully saturated rings. The van der Waals surface area contributed by atoms with Gasteiger partial charge in [-0.25, -0.2) is 0 Å². The predicted octanol–water partition coefficient (Wildman–Crippen LogP) is 2.93. The van der Waals surface area contributed by atoms with Gasteiger partial charge in [0.25, 0.3) is 5.69 Å². The summed E-state index contributed by atoms with van der Waals surface area (Å²) in [5.74, 6) is -0.684. The van der Waals surface area contributed by atoms with E-state index in [4.69, 9.17) is 4.74 Å². The van der Waals surface area contributed by atoms with Gasteiger partial charge in [0.2, 0.25) is 0 Å². The first kappa shape index (κ1) is 14.3. The summed E-state index contributed by atoms with van der Waals surface area (Å²) >= 11 is 0. The molecule has 21 heavy (non-hydrogen) atoms. The highest BCUT2D eigenvalue weighted by Gasteiger charge is 2.14. The third-order valence-electron chi connectivity index (χ3n) is 2.71. The smallest absolute Gasteiger partial charge is 0.323 e. The average Bonchev–Trinajstić information content (AvgIpc) is 2.53. The summed E-state index contributed by atoms with van der Waals surface area (Å²) in [5, 5.41) is 13.1. The van der Waals surface area contributed by atoms with E-state index in [9.17, 15) is 19.8 Å². The lowest BCUT2D eigenvalue weighted by Gasteiger charge is -2.10. The fourth-order valence-electron chi connectivity index (χ4n) is 1.77. The number of benzene rings is 2. The zero-order valence-electron chi connectivity index (χ0n) is 10.8. The van der Waals surface area contributed by atoms with Crippen molar-refractivity contribution in [3.8, 4) is 16.9 Å². The molecule has 0 aliphatic rings. The molecule has 2 aromatic rings. The van der Waals surface area contributed by atoms with Crippen LogP contribution in [0.1, 0.15) is 0 Å². The standard InChI is InChI=1S/C14H10N2O5/c17-14(15-18)9-21-13-7-6-11(16(19)20)8-12(13)10-4-2-1-3-5-10/h1-8H,9H2. The summed E-state index contributed by atoms with van der Waals surface area (Å²) in [6, 6.07) is 12.9. The maximum atomic E-state index is 10.9. The second kappa shape index (κ2) is 6.38. The molecule has 7 nitrogen and oxygen atoms in total. The maximum absolute atomic E-state index is 10.9. The topological polar surface area (TPSA) is 98.9 Å². The average molecular weight is 286 g/mol. The molecular formula is C14H10N2O5. The van der Waals surface area contributed by atoms with Crippen LogP contribution in [0.15, 0.2) is 53.7 Å². The first-order valence-corrected chi connectivity index (χ1v) is 5.94.